The van der Waals surface area contributed by atoms with E-state index >= 15 is 0 Å². The Labute approximate surface area is 198 Å². The van der Waals surface area contributed by atoms with E-state index in [-0.39, 0.29) is 26.5 Å². The van der Waals surface area contributed by atoms with Crippen LogP contribution in [0.15, 0.2) is 107 Å². The van der Waals surface area contributed by atoms with Crippen molar-refractivity contribution in [2.24, 2.45) is 0 Å². The minimum Gasteiger partial charge on any atom is -0.466 e. The zero-order valence-corrected chi connectivity index (χ0v) is 19.8. The summed E-state index contributed by atoms with van der Waals surface area (Å²) in [5.74, 6) is -2.47. The minimum atomic E-state index is -4.58. The third kappa shape index (κ3) is 4.78. The highest BCUT2D eigenvalue weighted by atomic mass is 32.3. The van der Waals surface area contributed by atoms with E-state index in [1.807, 2.05) is 6.07 Å². The van der Waals surface area contributed by atoms with Crippen molar-refractivity contribution in [2.45, 2.75) is 20.3 Å². The Morgan fingerprint density at radius 1 is 0.824 bits per heavy atom. The molecule has 0 radical (unpaired) electrons. The van der Waals surface area contributed by atoms with Crippen LogP contribution in [0, 0.1) is 11.3 Å². The number of benzene rings is 3. The summed E-state index contributed by atoms with van der Waals surface area (Å²) in [5.41, 5.74) is 0.106. The predicted octanol–water partition coefficient (Wildman–Crippen LogP) is 3.64. The van der Waals surface area contributed by atoms with Gasteiger partial charge in [0.1, 0.15) is 0 Å². The first kappa shape index (κ1) is 24.9. The van der Waals surface area contributed by atoms with E-state index in [9.17, 15) is 21.6 Å². The van der Waals surface area contributed by atoms with Crippen LogP contribution in [0.1, 0.15) is 17.0 Å². The summed E-state index contributed by atoms with van der Waals surface area (Å²) >= 11 is 0. The second kappa shape index (κ2) is 10.0. The Morgan fingerprint density at radius 3 is 1.65 bits per heavy atom. The second-order valence-corrected chi connectivity index (χ2v) is 11.7. The van der Waals surface area contributed by atoms with Crippen LogP contribution in [0.25, 0.3) is 0 Å². The highest BCUT2D eigenvalue weighted by molar-refractivity contribution is 8.09. The number of nitriles is 1. The molecule has 0 heterocycles. The largest absolute Gasteiger partial charge is 0.466 e. The molecule has 9 heteroatoms. The molecule has 3 aromatic rings. The van der Waals surface area contributed by atoms with Crippen molar-refractivity contribution in [1.82, 2.24) is 0 Å². The van der Waals surface area contributed by atoms with Crippen molar-refractivity contribution in [2.75, 3.05) is 7.11 Å². The molecule has 0 N–H and O–H groups in total. The number of rotatable bonds is 8. The number of carbonyl (C=O) groups is 1. The van der Waals surface area contributed by atoms with Crippen LogP contribution in [0.3, 0.4) is 0 Å². The first-order chi connectivity index (χ1) is 16.1. The third-order valence-corrected chi connectivity index (χ3v) is 10.4. The molecule has 0 aliphatic carbocycles. The summed E-state index contributed by atoms with van der Waals surface area (Å²) in [7, 11) is -8.06. The molecule has 0 saturated heterocycles. The molecule has 3 aromatic carbocycles. The van der Waals surface area contributed by atoms with Gasteiger partial charge < -0.3 is 4.74 Å². The Kier molecular flexibility index (Phi) is 7.35. The first-order valence-electron chi connectivity index (χ1n) is 9.99. The Bertz CT molecular complexity index is 1370. The first-order valence-corrected chi connectivity index (χ1v) is 13.1. The van der Waals surface area contributed by atoms with E-state index in [1.54, 1.807) is 12.1 Å². The van der Waals surface area contributed by atoms with Gasteiger partial charge in [0.2, 0.25) is 0 Å². The van der Waals surface area contributed by atoms with Gasteiger partial charge in [0.15, 0.2) is 24.3 Å². The van der Waals surface area contributed by atoms with Gasteiger partial charge in [-0.1, -0.05) is 55.1 Å². The lowest BCUT2D eigenvalue weighted by Gasteiger charge is -2.28. The van der Waals surface area contributed by atoms with Gasteiger partial charge in [-0.15, -0.1) is 0 Å². The van der Waals surface area contributed by atoms with E-state index in [0.717, 1.165) is 7.11 Å². The van der Waals surface area contributed by atoms with Crippen LogP contribution in [0.5, 0.6) is 0 Å². The lowest BCUT2D eigenvalue weighted by atomic mass is 9.93. The fraction of sp³-hybridized carbons (Fsp3) is 0.120. The SMILES string of the molecule is C=C(C(=O)OC)[C@@H](c1ccc(C#N)cc1)C(S(=O)(=O)c1ccccc1)S(=O)(=O)c1ccccc1. The van der Waals surface area contributed by atoms with Crippen molar-refractivity contribution < 1.29 is 26.4 Å². The van der Waals surface area contributed by atoms with Crippen LogP contribution in [-0.2, 0) is 29.2 Å². The quantitative estimate of drug-likeness (QED) is 0.346. The molecule has 174 valence electrons. The van der Waals surface area contributed by atoms with Crippen LogP contribution in [0.4, 0.5) is 0 Å². The number of hydrogen-bond donors (Lipinski definition) is 0. The maximum absolute atomic E-state index is 13.9. The van der Waals surface area contributed by atoms with Gasteiger partial charge in [-0.05, 0) is 42.0 Å². The molecule has 34 heavy (non-hydrogen) atoms. The number of sulfone groups is 2. The molecule has 0 saturated carbocycles. The van der Waals surface area contributed by atoms with Crippen molar-refractivity contribution in [3.63, 3.8) is 0 Å². The normalized spacial score (nSPS) is 12.5. The van der Waals surface area contributed by atoms with E-state index < -0.39 is 36.1 Å². The summed E-state index contributed by atoms with van der Waals surface area (Å²) < 4.78 is 58.2. The lowest BCUT2D eigenvalue weighted by Crippen LogP contribution is -2.38. The number of methoxy groups -OCH3 is 1. The molecule has 0 unspecified atom stereocenters. The fourth-order valence-corrected chi connectivity index (χ4v) is 8.53. The number of nitrogens with zero attached hydrogens (tertiary/aromatic N) is 1. The highest BCUT2D eigenvalue weighted by Crippen LogP contribution is 2.40. The number of ether oxygens (including phenoxy) is 1. The molecule has 0 bridgehead atoms. The molecular formula is C25H21NO6S2. The molecule has 0 aliphatic rings. The molecule has 7 nitrogen and oxygen atoms in total. The number of esters is 1. The average Bonchev–Trinajstić information content (AvgIpc) is 2.87. The van der Waals surface area contributed by atoms with Crippen molar-refractivity contribution in [3.8, 4) is 6.07 Å². The van der Waals surface area contributed by atoms with Gasteiger partial charge in [-0.25, -0.2) is 21.6 Å². The molecule has 3 rings (SSSR count). The van der Waals surface area contributed by atoms with E-state index in [2.05, 4.69) is 6.58 Å². The van der Waals surface area contributed by atoms with Gasteiger partial charge in [0.05, 0.1) is 28.5 Å². The van der Waals surface area contributed by atoms with Crippen LogP contribution in [0.2, 0.25) is 0 Å². The summed E-state index contributed by atoms with van der Waals surface area (Å²) in [6, 6.07) is 21.9. The predicted molar refractivity (Wildman–Crippen MR) is 126 cm³/mol. The Hall–Kier alpha value is -3.74. The Balaban J connectivity index is 2.37. The third-order valence-electron chi connectivity index (χ3n) is 5.25. The zero-order chi connectivity index (χ0) is 24.9. The van der Waals surface area contributed by atoms with Crippen molar-refractivity contribution >= 4 is 25.6 Å². The van der Waals surface area contributed by atoms with Gasteiger partial charge in [-0.2, -0.15) is 5.26 Å². The minimum absolute atomic E-state index is 0.179. The van der Waals surface area contributed by atoms with Gasteiger partial charge in [-0.3, -0.25) is 0 Å². The second-order valence-electron chi connectivity index (χ2n) is 7.31. The summed E-state index contributed by atoms with van der Waals surface area (Å²) in [4.78, 5) is 12.1. The number of carbonyl (C=O) groups excluding carboxylic acids is 1. The smallest absolute Gasteiger partial charge is 0.333 e. The van der Waals surface area contributed by atoms with Crippen LogP contribution in [-0.4, -0.2) is 34.5 Å². The molecular weight excluding hydrogens is 474 g/mol. The molecule has 0 spiro atoms. The monoisotopic (exact) mass is 495 g/mol. The number of hydrogen-bond acceptors (Lipinski definition) is 7. The van der Waals surface area contributed by atoms with Gasteiger partial charge in [0.25, 0.3) is 0 Å². The summed E-state index contributed by atoms with van der Waals surface area (Å²) in [6.07, 6.45) is 0. The zero-order valence-electron chi connectivity index (χ0n) is 18.2. The fourth-order valence-electron chi connectivity index (χ4n) is 3.56. The van der Waals surface area contributed by atoms with Gasteiger partial charge in [0, 0.05) is 11.5 Å². The van der Waals surface area contributed by atoms with Gasteiger partial charge >= 0.3 is 5.97 Å². The lowest BCUT2D eigenvalue weighted by molar-refractivity contribution is -0.136. The van der Waals surface area contributed by atoms with E-state index in [0.29, 0.717) is 0 Å². The molecule has 0 fully saturated rings. The van der Waals surface area contributed by atoms with Crippen molar-refractivity contribution in [3.05, 3.63) is 108 Å². The maximum atomic E-state index is 13.9. The molecule has 0 aromatic heterocycles. The van der Waals surface area contributed by atoms with Crippen molar-refractivity contribution in [1.29, 1.82) is 5.26 Å². The Morgan fingerprint density at radius 2 is 1.26 bits per heavy atom. The van der Waals surface area contributed by atoms with E-state index in [4.69, 9.17) is 10.00 Å². The summed E-state index contributed by atoms with van der Waals surface area (Å²) in [6.45, 7) is 3.71. The van der Waals surface area contributed by atoms with Crippen LogP contribution >= 0.6 is 0 Å². The van der Waals surface area contributed by atoms with E-state index in [1.165, 1.54) is 72.8 Å². The topological polar surface area (TPSA) is 118 Å². The maximum Gasteiger partial charge on any atom is 0.333 e. The summed E-state index contributed by atoms with van der Waals surface area (Å²) in [5, 5.41) is 9.13. The molecule has 0 aliphatic heterocycles. The molecule has 1 atom stereocenters. The highest BCUT2D eigenvalue weighted by Gasteiger charge is 2.48. The molecule has 0 amide bonds. The average molecular weight is 496 g/mol. The standard InChI is InChI=1S/C25H21NO6S2/c1-18(24(27)32-2)23(20-15-13-19(17-26)14-16-20)25(33(28,29)21-9-5-3-6-10-21)34(30,31)22-11-7-4-8-12-22/h3-16,23,25H,1H2,2H3/t23-/m0/s1. The van der Waals surface area contributed by atoms with Crippen LogP contribution < -0.4 is 0 Å².